The van der Waals surface area contributed by atoms with Gasteiger partial charge in [-0.05, 0) is 12.8 Å². The van der Waals surface area contributed by atoms with Crippen molar-refractivity contribution in [2.75, 3.05) is 13.2 Å². The van der Waals surface area contributed by atoms with Crippen LogP contribution in [0.2, 0.25) is 0 Å². The number of ether oxygens (including phenoxy) is 1. The minimum atomic E-state index is -3.59. The summed E-state index contributed by atoms with van der Waals surface area (Å²) >= 11 is 0. The predicted molar refractivity (Wildman–Crippen MR) is 52.4 cm³/mol. The molecule has 0 radical (unpaired) electrons. The number of sulfone groups is 1. The molecule has 15 heavy (non-hydrogen) atoms. The van der Waals surface area contributed by atoms with Gasteiger partial charge < -0.3 is 9.84 Å². The summed E-state index contributed by atoms with van der Waals surface area (Å²) < 4.78 is 27.4. The fourth-order valence-corrected chi connectivity index (χ4v) is 4.55. The number of rotatable bonds is 3. The van der Waals surface area contributed by atoms with E-state index in [2.05, 4.69) is 0 Å². The molecule has 1 saturated carbocycles. The fraction of sp³-hybridized carbons (Fsp3) is 0.889. The Morgan fingerprint density at radius 2 is 1.80 bits per heavy atom. The number of carboxylic acids is 1. The Hall–Kier alpha value is -0.620. The second-order valence-corrected chi connectivity index (χ2v) is 6.78. The molecule has 1 aliphatic carbocycles. The third-order valence-corrected chi connectivity index (χ3v) is 6.19. The fourth-order valence-electron chi connectivity index (χ4n) is 2.21. The van der Waals surface area contributed by atoms with Crippen LogP contribution in [0.15, 0.2) is 0 Å². The molecule has 1 saturated heterocycles. The number of carbonyl (C=O) groups is 1. The zero-order valence-electron chi connectivity index (χ0n) is 8.31. The van der Waals surface area contributed by atoms with E-state index in [1.807, 2.05) is 0 Å². The van der Waals surface area contributed by atoms with Gasteiger partial charge >= 0.3 is 5.97 Å². The molecule has 6 heteroatoms. The molecule has 1 heterocycles. The largest absolute Gasteiger partial charge is 0.480 e. The van der Waals surface area contributed by atoms with E-state index >= 15 is 0 Å². The molecule has 1 aliphatic heterocycles. The topological polar surface area (TPSA) is 80.7 Å². The summed E-state index contributed by atoms with van der Waals surface area (Å²) in [4.78, 5) is 11.0. The third-order valence-electron chi connectivity index (χ3n) is 3.35. The molecule has 0 aromatic heterocycles. The van der Waals surface area contributed by atoms with Crippen LogP contribution in [0.3, 0.4) is 0 Å². The normalized spacial score (nSPS) is 26.1. The average molecular weight is 234 g/mol. The van der Waals surface area contributed by atoms with Crippen LogP contribution >= 0.6 is 0 Å². The average Bonchev–Trinajstić information content (AvgIpc) is 2.50. The lowest BCUT2D eigenvalue weighted by molar-refractivity contribution is -0.152. The zero-order chi connectivity index (χ0) is 11.1. The van der Waals surface area contributed by atoms with Crippen molar-refractivity contribution in [1.82, 2.24) is 0 Å². The number of aliphatic carboxylic acids is 1. The van der Waals surface area contributed by atoms with Crippen molar-refractivity contribution < 1.29 is 23.1 Å². The van der Waals surface area contributed by atoms with Gasteiger partial charge in [0.2, 0.25) is 4.75 Å². The van der Waals surface area contributed by atoms with Gasteiger partial charge in [-0.3, -0.25) is 4.79 Å². The van der Waals surface area contributed by atoms with Gasteiger partial charge in [-0.2, -0.15) is 0 Å². The molecule has 0 aromatic rings. The molecule has 86 valence electrons. The second kappa shape index (κ2) is 3.45. The van der Waals surface area contributed by atoms with Gasteiger partial charge in [0.05, 0.1) is 18.5 Å². The summed E-state index contributed by atoms with van der Waals surface area (Å²) in [6.45, 7) is -0.387. The Morgan fingerprint density at radius 1 is 1.27 bits per heavy atom. The number of carboxylic acid groups (broad SMARTS) is 1. The number of hydrogen-bond donors (Lipinski definition) is 1. The summed E-state index contributed by atoms with van der Waals surface area (Å²) in [5.41, 5.74) is 0. The first-order valence-electron chi connectivity index (χ1n) is 5.05. The minimum Gasteiger partial charge on any atom is -0.480 e. The van der Waals surface area contributed by atoms with E-state index < -0.39 is 25.8 Å². The van der Waals surface area contributed by atoms with Gasteiger partial charge in [-0.1, -0.05) is 12.8 Å². The van der Waals surface area contributed by atoms with Crippen LogP contribution in [-0.4, -0.2) is 42.7 Å². The first-order chi connectivity index (χ1) is 7.01. The van der Waals surface area contributed by atoms with Crippen LogP contribution < -0.4 is 0 Å². The van der Waals surface area contributed by atoms with E-state index in [9.17, 15) is 13.2 Å². The molecule has 1 N–H and O–H groups in total. The molecule has 0 bridgehead atoms. The lowest BCUT2D eigenvalue weighted by atomic mass is 10.1. The first kappa shape index (κ1) is 10.9. The minimum absolute atomic E-state index is 0.193. The molecule has 0 aromatic carbocycles. The molecule has 0 spiro atoms. The molecular formula is C9H14O5S. The SMILES string of the molecule is O=C(O)C1(S(=O)(=O)C2CCCC2)COC1. The van der Waals surface area contributed by atoms with Crippen molar-refractivity contribution in [3.8, 4) is 0 Å². The van der Waals surface area contributed by atoms with Gasteiger partial charge in [0.15, 0.2) is 9.84 Å². The van der Waals surface area contributed by atoms with Crippen molar-refractivity contribution >= 4 is 15.8 Å². The summed E-state index contributed by atoms with van der Waals surface area (Å²) in [5, 5.41) is 8.55. The van der Waals surface area contributed by atoms with Gasteiger partial charge in [0.25, 0.3) is 0 Å². The molecule has 0 amide bonds. The molecule has 2 rings (SSSR count). The van der Waals surface area contributed by atoms with Gasteiger partial charge in [-0.25, -0.2) is 8.42 Å². The van der Waals surface area contributed by atoms with Gasteiger partial charge in [-0.15, -0.1) is 0 Å². The lowest BCUT2D eigenvalue weighted by Gasteiger charge is -2.38. The summed E-state index contributed by atoms with van der Waals surface area (Å²) in [6.07, 6.45) is 2.94. The van der Waals surface area contributed by atoms with E-state index in [0.29, 0.717) is 12.8 Å². The zero-order valence-corrected chi connectivity index (χ0v) is 9.12. The maximum absolute atomic E-state index is 12.1. The van der Waals surface area contributed by atoms with Gasteiger partial charge in [0.1, 0.15) is 0 Å². The molecule has 0 unspecified atom stereocenters. The van der Waals surface area contributed by atoms with Crippen LogP contribution in [-0.2, 0) is 19.4 Å². The Kier molecular flexibility index (Phi) is 2.50. The summed E-state index contributed by atoms with van der Waals surface area (Å²) in [6, 6.07) is 0. The first-order valence-corrected chi connectivity index (χ1v) is 6.60. The molecule has 2 aliphatic rings. The van der Waals surface area contributed by atoms with Crippen LogP contribution in [0, 0.1) is 0 Å². The van der Waals surface area contributed by atoms with E-state index in [1.54, 1.807) is 0 Å². The van der Waals surface area contributed by atoms with Gasteiger partial charge in [0, 0.05) is 0 Å². The van der Waals surface area contributed by atoms with Crippen LogP contribution in [0.4, 0.5) is 0 Å². The molecule has 0 atom stereocenters. The van der Waals surface area contributed by atoms with Crippen molar-refractivity contribution in [2.45, 2.75) is 35.7 Å². The maximum atomic E-state index is 12.1. The highest BCUT2D eigenvalue weighted by molar-refractivity contribution is 7.94. The van der Waals surface area contributed by atoms with E-state index in [-0.39, 0.29) is 13.2 Å². The van der Waals surface area contributed by atoms with E-state index in [1.165, 1.54) is 0 Å². The summed E-state index contributed by atoms with van der Waals surface area (Å²) in [7, 11) is -3.59. The Labute approximate surface area is 88.3 Å². The lowest BCUT2D eigenvalue weighted by Crippen LogP contribution is -2.63. The maximum Gasteiger partial charge on any atom is 0.329 e. The predicted octanol–water partition coefficient (Wildman–Crippen LogP) is 0.197. The monoisotopic (exact) mass is 234 g/mol. The highest BCUT2D eigenvalue weighted by Crippen LogP contribution is 2.36. The van der Waals surface area contributed by atoms with Crippen molar-refractivity contribution in [2.24, 2.45) is 0 Å². The van der Waals surface area contributed by atoms with Crippen molar-refractivity contribution in [3.05, 3.63) is 0 Å². The van der Waals surface area contributed by atoms with Crippen LogP contribution in [0.1, 0.15) is 25.7 Å². The second-order valence-electron chi connectivity index (χ2n) is 4.24. The smallest absolute Gasteiger partial charge is 0.329 e. The third kappa shape index (κ3) is 1.38. The highest BCUT2D eigenvalue weighted by Gasteiger charge is 2.59. The standard InChI is InChI=1S/C9H14O5S/c10-8(11)9(5-14-6-9)15(12,13)7-3-1-2-4-7/h7H,1-6H2,(H,10,11). The Morgan fingerprint density at radius 3 is 2.13 bits per heavy atom. The Bertz CT molecular complexity index is 362. The van der Waals surface area contributed by atoms with E-state index in [0.717, 1.165) is 12.8 Å². The van der Waals surface area contributed by atoms with Crippen LogP contribution in [0.5, 0.6) is 0 Å². The van der Waals surface area contributed by atoms with Crippen molar-refractivity contribution in [1.29, 1.82) is 0 Å². The Balaban J connectivity index is 2.31. The van der Waals surface area contributed by atoms with Crippen molar-refractivity contribution in [3.63, 3.8) is 0 Å². The number of hydrogen-bond acceptors (Lipinski definition) is 4. The molecular weight excluding hydrogens is 220 g/mol. The highest BCUT2D eigenvalue weighted by atomic mass is 32.2. The molecule has 5 nitrogen and oxygen atoms in total. The van der Waals surface area contributed by atoms with E-state index in [4.69, 9.17) is 9.84 Å². The van der Waals surface area contributed by atoms with Crippen LogP contribution in [0.25, 0.3) is 0 Å². The summed E-state index contributed by atoms with van der Waals surface area (Å²) in [5.74, 6) is -1.26. The quantitative estimate of drug-likeness (QED) is 0.754. The molecule has 2 fully saturated rings.